The second-order valence-corrected chi connectivity index (χ2v) is 33.6. The van der Waals surface area contributed by atoms with E-state index in [-0.39, 0.29) is 49.8 Å². The molecule has 14 atom stereocenters. The summed E-state index contributed by atoms with van der Waals surface area (Å²) < 4.78 is 18.6. The average molecular weight is 1070 g/mol. The first-order chi connectivity index (χ1) is 34.5. The van der Waals surface area contributed by atoms with Crippen molar-refractivity contribution in [1.29, 1.82) is 0 Å². The number of esters is 1. The number of nitrogens with zero attached hydrogens (tertiary/aromatic N) is 2. The van der Waals surface area contributed by atoms with E-state index in [4.69, 9.17) is 25.5 Å². The van der Waals surface area contributed by atoms with Crippen LogP contribution in [-0.2, 0) is 23.8 Å². The van der Waals surface area contributed by atoms with Crippen molar-refractivity contribution >= 4 is 29.1 Å². The number of carbonyl (C=O) groups is 2. The summed E-state index contributed by atoms with van der Waals surface area (Å²) in [5.41, 5.74) is -1.17. The van der Waals surface area contributed by atoms with Crippen LogP contribution in [0.2, 0.25) is 0 Å². The van der Waals surface area contributed by atoms with Gasteiger partial charge in [-0.3, -0.25) is 9.59 Å². The van der Waals surface area contributed by atoms with Gasteiger partial charge >= 0.3 is 213 Å². The van der Waals surface area contributed by atoms with Crippen LogP contribution in [0.5, 0.6) is 0 Å². The molecule has 0 bridgehead atoms. The topological polar surface area (TPSA) is 169 Å². The quantitative estimate of drug-likeness (QED) is 0.0474. The smallest absolute Gasteiger partial charge is 0.126 e. The molecule has 2 heterocycles. The van der Waals surface area contributed by atoms with Gasteiger partial charge in [-0.2, -0.15) is 0 Å². The fourth-order valence-electron chi connectivity index (χ4n) is 15.4. The third-order valence-corrected chi connectivity index (χ3v) is 30.4. The van der Waals surface area contributed by atoms with Gasteiger partial charge in [-0.05, 0) is 73.9 Å². The zero-order valence-electron chi connectivity index (χ0n) is 47.9. The first-order valence-corrected chi connectivity index (χ1v) is 33.7. The maximum Gasteiger partial charge on any atom is 0.126 e. The molecule has 2 saturated heterocycles. The molecule has 73 heavy (non-hydrogen) atoms. The molecule has 5 aliphatic rings. The number of carbonyl (C=O) groups excluding carboxylic acids is 2. The maximum absolute atomic E-state index is 14.4. The van der Waals surface area contributed by atoms with Crippen LogP contribution in [-0.4, -0.2) is 157 Å². The van der Waals surface area contributed by atoms with Gasteiger partial charge < -0.3 is 49.5 Å². The molecule has 5 rings (SSSR count). The van der Waals surface area contributed by atoms with E-state index in [0.29, 0.717) is 12.8 Å². The van der Waals surface area contributed by atoms with E-state index >= 15 is 0 Å². The van der Waals surface area contributed by atoms with Crippen LogP contribution in [0.4, 0.5) is 0 Å². The molecule has 0 radical (unpaired) electrons. The minimum Gasteiger partial charge on any atom is -0.388 e. The van der Waals surface area contributed by atoms with Crippen molar-refractivity contribution in [3.8, 4) is 0 Å². The molecule has 14 heteroatoms. The third-order valence-electron chi connectivity index (χ3n) is 19.7. The Hall–Kier alpha value is -0.660. The van der Waals surface area contributed by atoms with Gasteiger partial charge in [-0.15, -0.1) is 0 Å². The number of cyclic esters (lactones) is 1. The Bertz CT molecular complexity index is 1610. The molecule has 0 unspecified atom stereocenters. The summed E-state index contributed by atoms with van der Waals surface area (Å²) >= 11 is 8.73. The molecule has 1 amide bonds. The summed E-state index contributed by atoms with van der Waals surface area (Å²) in [4.78, 5) is 31.7. The zero-order valence-corrected chi connectivity index (χ0v) is 49.5. The molecule has 0 spiro atoms. The average Bonchev–Trinajstić information content (AvgIpc) is 3.37. The van der Waals surface area contributed by atoms with E-state index in [0.717, 1.165) is 36.2 Å². The molecular weight excluding hydrogens is 963 g/mol. The molecule has 0 aromatic heterocycles. The molecule has 2 aliphatic heterocycles. The number of ether oxygens (including phenoxy) is 3. The molecule has 3 saturated carbocycles. The van der Waals surface area contributed by atoms with Crippen LogP contribution in [0.25, 0.3) is 0 Å². The molecule has 5 fully saturated rings. The SMILES string of the molecule is CC[C@H]1OC(=O)[C@H](C)[C@@H](O)[C@H](C)[C@@H](O[C@@H]2O[C@H](C)C[C@H](N(C)C)[C@H]2O)[C@](C)(O)C[C@@H](C)CN(C(=O)CCCCCCCCCCCP(Cl)(C2CCCCC2)(C2CCCCC2)C2CCCCC2)[C@H](C)[C@@H](O)[C@]1(C)O. The molecular formula is C59H110ClN2O10P. The van der Waals surface area contributed by atoms with Crippen molar-refractivity contribution in [3.63, 3.8) is 0 Å². The molecule has 0 aromatic carbocycles. The van der Waals surface area contributed by atoms with Gasteiger partial charge in [0, 0.05) is 18.5 Å². The number of halogens is 1. The fraction of sp³-hybridized carbons (Fsp3) is 0.966. The number of rotatable bonds is 19. The summed E-state index contributed by atoms with van der Waals surface area (Å²) in [6, 6.07) is -1.15. The van der Waals surface area contributed by atoms with Crippen molar-refractivity contribution in [3.05, 3.63) is 0 Å². The summed E-state index contributed by atoms with van der Waals surface area (Å²) in [6.07, 6.45) is 25.8. The molecule has 5 N–H and O–H groups in total. The van der Waals surface area contributed by atoms with Gasteiger partial charge in [0.25, 0.3) is 0 Å². The Morgan fingerprint density at radius 3 is 1.71 bits per heavy atom. The predicted molar refractivity (Wildman–Crippen MR) is 298 cm³/mol. The van der Waals surface area contributed by atoms with Gasteiger partial charge in [0.2, 0.25) is 0 Å². The van der Waals surface area contributed by atoms with Crippen molar-refractivity contribution < 1.29 is 49.3 Å². The first kappa shape index (κ1) is 63.2. The molecule has 0 aromatic rings. The standard InChI is InChI=1S/C59H110ClN2O10P/c1-11-50-59(8,69)54(66)45(6)62(40-41(2)39-58(7,68)55(43(4)52(64)44(5)56(67)71-50)72-57-53(65)49(61(9)10)38-42(3)70-57)51(63)36-28-17-15-13-12-14-16-18-29-37-73(60,46-30-22-19-23-31-46,47-32-24-20-25-33-47)48-34-26-21-27-35-48/h41-50,52-55,57,64-66,68-69H,11-40H2,1-10H3/t41-,42-,43+,44-,45-,49+,50-,52+,53-,54-,55-,57+,58-,59-/m1/s1. The van der Waals surface area contributed by atoms with Gasteiger partial charge in [0.15, 0.2) is 6.29 Å². The Balaban J connectivity index is 1.20. The Morgan fingerprint density at radius 1 is 0.753 bits per heavy atom. The third kappa shape index (κ3) is 15.6. The Morgan fingerprint density at radius 2 is 1.23 bits per heavy atom. The van der Waals surface area contributed by atoms with Crippen molar-refractivity contribution in [2.24, 2.45) is 17.8 Å². The van der Waals surface area contributed by atoms with Gasteiger partial charge in [0.05, 0.1) is 35.9 Å². The van der Waals surface area contributed by atoms with E-state index in [1.807, 2.05) is 32.8 Å². The van der Waals surface area contributed by atoms with Crippen LogP contribution in [0.1, 0.15) is 235 Å². The van der Waals surface area contributed by atoms with E-state index < -0.39 is 77.8 Å². The van der Waals surface area contributed by atoms with Gasteiger partial charge in [-0.1, -0.05) is 20.8 Å². The summed E-state index contributed by atoms with van der Waals surface area (Å²) in [5, 5.41) is 59.7. The largest absolute Gasteiger partial charge is 0.388 e. The van der Waals surface area contributed by atoms with Crippen LogP contribution in [0, 0.1) is 17.8 Å². The summed E-state index contributed by atoms with van der Waals surface area (Å²) in [7, 11) is 3.76. The number of amides is 1. The van der Waals surface area contributed by atoms with Crippen LogP contribution in [0.15, 0.2) is 0 Å². The second-order valence-electron chi connectivity index (χ2n) is 25.7. The monoisotopic (exact) mass is 1070 g/mol. The van der Waals surface area contributed by atoms with E-state index in [2.05, 4.69) is 0 Å². The van der Waals surface area contributed by atoms with Gasteiger partial charge in [0.1, 0.15) is 23.9 Å². The number of hydrogen-bond donors (Lipinski definition) is 5. The van der Waals surface area contributed by atoms with Crippen LogP contribution >= 0.6 is 17.2 Å². The minimum atomic E-state index is -2.44. The predicted octanol–water partition coefficient (Wildman–Crippen LogP) is 11.5. The Kier molecular flexibility index (Phi) is 24.6. The normalized spacial score (nSPS) is 37.5. The number of hydrogen-bond acceptors (Lipinski definition) is 11. The second kappa shape index (κ2) is 28.5. The summed E-state index contributed by atoms with van der Waals surface area (Å²) in [5.74, 6) is -5.69. The fourth-order valence-corrected chi connectivity index (χ4v) is 25.8. The minimum absolute atomic E-state index is 0.111. The van der Waals surface area contributed by atoms with E-state index in [1.54, 1.807) is 32.6 Å². The summed E-state index contributed by atoms with van der Waals surface area (Å²) in [6.45, 7) is 13.8. The molecule has 428 valence electrons. The van der Waals surface area contributed by atoms with E-state index in [1.165, 1.54) is 148 Å². The number of unbranched alkanes of at least 4 members (excludes halogenated alkanes) is 8. The van der Waals surface area contributed by atoms with Crippen molar-refractivity contribution in [2.45, 2.75) is 318 Å². The number of aliphatic hydroxyl groups is 5. The van der Waals surface area contributed by atoms with Crippen molar-refractivity contribution in [2.75, 3.05) is 26.8 Å². The Labute approximate surface area is 449 Å². The first-order valence-electron chi connectivity index (χ1n) is 30.2. The zero-order chi connectivity index (χ0) is 53.8. The van der Waals surface area contributed by atoms with Crippen LogP contribution in [0.3, 0.4) is 0 Å². The molecule has 12 nitrogen and oxygen atoms in total. The maximum atomic E-state index is 14.4. The number of aliphatic hydroxyl groups excluding tert-OH is 3. The number of likely N-dealkylation sites (N-methyl/N-ethyl adjacent to an activating group) is 1. The van der Waals surface area contributed by atoms with Crippen molar-refractivity contribution in [1.82, 2.24) is 9.80 Å². The van der Waals surface area contributed by atoms with E-state index in [9.17, 15) is 35.1 Å². The van der Waals surface area contributed by atoms with Crippen LogP contribution < -0.4 is 0 Å². The molecule has 3 aliphatic carbocycles. The van der Waals surface area contributed by atoms with Gasteiger partial charge in [-0.25, -0.2) is 0 Å².